The van der Waals surface area contributed by atoms with Gasteiger partial charge in [-0.25, -0.2) is 4.79 Å². The molecule has 0 atom stereocenters. The number of anilines is 1. The van der Waals surface area contributed by atoms with E-state index in [2.05, 4.69) is 5.32 Å². The van der Waals surface area contributed by atoms with E-state index < -0.39 is 18.5 Å². The summed E-state index contributed by atoms with van der Waals surface area (Å²) in [6.45, 7) is -0.0331. The number of amides is 1. The van der Waals surface area contributed by atoms with Gasteiger partial charge in [0.15, 0.2) is 6.61 Å². The first-order valence-electron chi connectivity index (χ1n) is 7.28. The molecule has 0 radical (unpaired) electrons. The minimum atomic E-state index is -0.620. The van der Waals surface area contributed by atoms with Crippen LogP contribution in [-0.2, 0) is 20.9 Å². The van der Waals surface area contributed by atoms with Crippen molar-refractivity contribution in [3.05, 3.63) is 64.2 Å². The fourth-order valence-corrected chi connectivity index (χ4v) is 2.19. The van der Waals surface area contributed by atoms with Crippen molar-refractivity contribution in [2.24, 2.45) is 0 Å². The lowest BCUT2D eigenvalue weighted by Gasteiger charge is -2.08. The molecular weight excluding hydrogens is 344 g/mol. The Bertz CT molecular complexity index is 813. The number of nitrogens with one attached hydrogen (secondary N) is 1. The molecule has 6 nitrogen and oxygen atoms in total. The minimum Gasteiger partial charge on any atom is -0.452 e. The maximum absolute atomic E-state index is 11.9. The van der Waals surface area contributed by atoms with E-state index in [9.17, 15) is 9.59 Å². The third kappa shape index (κ3) is 5.31. The molecule has 0 fully saturated rings. The average Bonchev–Trinajstić information content (AvgIpc) is 2.61. The number of benzene rings is 2. The number of carbonyl (C=O) groups excluding carboxylic acids is 2. The Morgan fingerprint density at radius 1 is 1.20 bits per heavy atom. The van der Waals surface area contributed by atoms with Crippen LogP contribution < -0.4 is 5.32 Å². The SMILES string of the molecule is COCc1ccc(C(=O)OCC(=O)Nc2cc(Cl)ccc2C#N)cc1. The van der Waals surface area contributed by atoms with Crippen LogP contribution in [0.4, 0.5) is 5.69 Å². The molecule has 0 aliphatic rings. The molecule has 0 saturated heterocycles. The van der Waals surface area contributed by atoms with Gasteiger partial charge in [-0.05, 0) is 35.9 Å². The number of halogens is 1. The Labute approximate surface area is 149 Å². The standard InChI is InChI=1S/C18H15ClN2O4/c1-24-10-12-2-4-13(5-3-12)18(23)25-11-17(22)21-16-8-15(19)7-6-14(16)9-20/h2-8H,10-11H2,1H3,(H,21,22). The van der Waals surface area contributed by atoms with Crippen molar-refractivity contribution in [2.75, 3.05) is 19.0 Å². The Morgan fingerprint density at radius 2 is 1.92 bits per heavy atom. The first-order chi connectivity index (χ1) is 12.0. The smallest absolute Gasteiger partial charge is 0.338 e. The van der Waals surface area contributed by atoms with Crippen LogP contribution in [0, 0.1) is 11.3 Å². The molecule has 2 aromatic carbocycles. The first kappa shape index (κ1) is 18.5. The van der Waals surface area contributed by atoms with E-state index in [-0.39, 0.29) is 11.3 Å². The van der Waals surface area contributed by atoms with E-state index in [0.29, 0.717) is 17.2 Å². The van der Waals surface area contributed by atoms with Crippen molar-refractivity contribution >= 4 is 29.2 Å². The molecule has 0 aromatic heterocycles. The molecule has 0 aliphatic heterocycles. The van der Waals surface area contributed by atoms with Crippen LogP contribution in [0.15, 0.2) is 42.5 Å². The third-order valence-electron chi connectivity index (χ3n) is 3.21. The fraction of sp³-hybridized carbons (Fsp3) is 0.167. The molecule has 0 aliphatic carbocycles. The highest BCUT2D eigenvalue weighted by atomic mass is 35.5. The summed E-state index contributed by atoms with van der Waals surface area (Å²) >= 11 is 5.84. The maximum atomic E-state index is 11.9. The van der Waals surface area contributed by atoms with Gasteiger partial charge in [0.05, 0.1) is 23.4 Å². The van der Waals surface area contributed by atoms with Gasteiger partial charge in [0, 0.05) is 12.1 Å². The zero-order valence-electron chi connectivity index (χ0n) is 13.4. The molecule has 0 saturated carbocycles. The van der Waals surface area contributed by atoms with Gasteiger partial charge in [-0.15, -0.1) is 0 Å². The molecule has 7 heteroatoms. The van der Waals surface area contributed by atoms with Crippen LogP contribution in [0.2, 0.25) is 5.02 Å². The number of esters is 1. The summed E-state index contributed by atoms with van der Waals surface area (Å²) in [5.74, 6) is -1.19. The second-order valence-electron chi connectivity index (χ2n) is 5.06. The quantitative estimate of drug-likeness (QED) is 0.801. The van der Waals surface area contributed by atoms with Gasteiger partial charge in [0.25, 0.3) is 5.91 Å². The summed E-state index contributed by atoms with van der Waals surface area (Å²) in [6.07, 6.45) is 0. The number of hydrogen-bond acceptors (Lipinski definition) is 5. The summed E-state index contributed by atoms with van der Waals surface area (Å²) in [5, 5.41) is 11.9. The summed E-state index contributed by atoms with van der Waals surface area (Å²) in [4.78, 5) is 23.9. The summed E-state index contributed by atoms with van der Waals surface area (Å²) in [5.41, 5.74) is 1.77. The number of ether oxygens (including phenoxy) is 2. The predicted molar refractivity (Wildman–Crippen MR) is 92.2 cm³/mol. The third-order valence-corrected chi connectivity index (χ3v) is 3.45. The number of nitriles is 1. The number of rotatable bonds is 6. The van der Waals surface area contributed by atoms with Crippen molar-refractivity contribution in [2.45, 2.75) is 6.61 Å². The minimum absolute atomic E-state index is 0.262. The monoisotopic (exact) mass is 358 g/mol. The number of nitrogens with zero attached hydrogens (tertiary/aromatic N) is 1. The Morgan fingerprint density at radius 3 is 2.56 bits per heavy atom. The molecule has 0 spiro atoms. The molecule has 25 heavy (non-hydrogen) atoms. The molecule has 128 valence electrons. The predicted octanol–water partition coefficient (Wildman–Crippen LogP) is 3.15. The fourth-order valence-electron chi connectivity index (χ4n) is 2.02. The first-order valence-corrected chi connectivity index (χ1v) is 7.66. The van der Waals surface area contributed by atoms with Crippen LogP contribution in [0.1, 0.15) is 21.5 Å². The molecule has 1 amide bonds. The van der Waals surface area contributed by atoms with Crippen LogP contribution in [0.25, 0.3) is 0 Å². The summed E-state index contributed by atoms with van der Waals surface area (Å²) < 4.78 is 9.96. The highest BCUT2D eigenvalue weighted by Gasteiger charge is 2.12. The van der Waals surface area contributed by atoms with Crippen molar-refractivity contribution in [1.82, 2.24) is 0 Å². The highest BCUT2D eigenvalue weighted by Crippen LogP contribution is 2.20. The van der Waals surface area contributed by atoms with Gasteiger partial charge < -0.3 is 14.8 Å². The van der Waals surface area contributed by atoms with E-state index >= 15 is 0 Å². The van der Waals surface area contributed by atoms with E-state index in [1.807, 2.05) is 6.07 Å². The Kier molecular flexibility index (Phi) is 6.52. The average molecular weight is 359 g/mol. The Balaban J connectivity index is 1.92. The summed E-state index contributed by atoms with van der Waals surface area (Å²) in [6, 6.07) is 13.1. The summed E-state index contributed by atoms with van der Waals surface area (Å²) in [7, 11) is 1.58. The lowest BCUT2D eigenvalue weighted by atomic mass is 10.1. The molecule has 0 heterocycles. The zero-order chi connectivity index (χ0) is 18.2. The molecule has 2 aromatic rings. The van der Waals surface area contributed by atoms with Gasteiger partial charge in [0.1, 0.15) is 6.07 Å². The van der Waals surface area contributed by atoms with Gasteiger partial charge in [0.2, 0.25) is 0 Å². The molecular formula is C18H15ClN2O4. The topological polar surface area (TPSA) is 88.4 Å². The van der Waals surface area contributed by atoms with Gasteiger partial charge in [-0.1, -0.05) is 23.7 Å². The van der Waals surface area contributed by atoms with Crippen molar-refractivity contribution in [3.8, 4) is 6.07 Å². The maximum Gasteiger partial charge on any atom is 0.338 e. The largest absolute Gasteiger partial charge is 0.452 e. The number of carbonyl (C=O) groups is 2. The van der Waals surface area contributed by atoms with E-state index in [1.165, 1.54) is 12.1 Å². The van der Waals surface area contributed by atoms with Gasteiger partial charge in [-0.2, -0.15) is 5.26 Å². The normalized spacial score (nSPS) is 9.96. The van der Waals surface area contributed by atoms with Crippen LogP contribution in [-0.4, -0.2) is 25.6 Å². The molecule has 1 N–H and O–H groups in total. The van der Waals surface area contributed by atoms with Crippen LogP contribution in [0.5, 0.6) is 0 Å². The molecule has 0 bridgehead atoms. The lowest BCUT2D eigenvalue weighted by Crippen LogP contribution is -2.21. The second kappa shape index (κ2) is 8.83. The van der Waals surface area contributed by atoms with Crippen molar-refractivity contribution in [3.63, 3.8) is 0 Å². The molecule has 0 unspecified atom stereocenters. The van der Waals surface area contributed by atoms with Gasteiger partial charge >= 0.3 is 5.97 Å². The van der Waals surface area contributed by atoms with E-state index in [4.69, 9.17) is 26.3 Å². The van der Waals surface area contributed by atoms with Crippen LogP contribution in [0.3, 0.4) is 0 Å². The Hall–Kier alpha value is -2.88. The van der Waals surface area contributed by atoms with Crippen molar-refractivity contribution in [1.29, 1.82) is 5.26 Å². The highest BCUT2D eigenvalue weighted by molar-refractivity contribution is 6.31. The number of hydrogen-bond donors (Lipinski definition) is 1. The lowest BCUT2D eigenvalue weighted by molar-refractivity contribution is -0.119. The van der Waals surface area contributed by atoms with Crippen molar-refractivity contribution < 1.29 is 19.1 Å². The van der Waals surface area contributed by atoms with Gasteiger partial charge in [-0.3, -0.25) is 4.79 Å². The van der Waals surface area contributed by atoms with E-state index in [0.717, 1.165) is 5.56 Å². The second-order valence-corrected chi connectivity index (χ2v) is 5.49. The molecule has 2 rings (SSSR count). The van der Waals surface area contributed by atoms with Crippen LogP contribution >= 0.6 is 11.6 Å². The number of methoxy groups -OCH3 is 1. The zero-order valence-corrected chi connectivity index (χ0v) is 14.2. The van der Waals surface area contributed by atoms with E-state index in [1.54, 1.807) is 37.4 Å².